The number of hydrogen-bond acceptors (Lipinski definition) is 4. The fourth-order valence-corrected chi connectivity index (χ4v) is 2.48. The fourth-order valence-electron chi connectivity index (χ4n) is 2.48. The van der Waals surface area contributed by atoms with E-state index < -0.39 is 6.09 Å². The summed E-state index contributed by atoms with van der Waals surface area (Å²) in [5.41, 5.74) is 3.22. The van der Waals surface area contributed by atoms with Gasteiger partial charge in [0.2, 0.25) is 5.91 Å². The SMILES string of the molecule is Cc1ccc(N2C[C@@H](NC(=O)OCCN(C)C)CC2=O)cc1C. The Balaban J connectivity index is 1.89. The van der Waals surface area contributed by atoms with Crippen molar-refractivity contribution in [1.82, 2.24) is 10.2 Å². The zero-order valence-electron chi connectivity index (χ0n) is 14.3. The topological polar surface area (TPSA) is 61.9 Å². The number of ether oxygens (including phenoxy) is 1. The van der Waals surface area contributed by atoms with Crippen LogP contribution in [0, 0.1) is 13.8 Å². The largest absolute Gasteiger partial charge is 0.448 e. The summed E-state index contributed by atoms with van der Waals surface area (Å²) in [5.74, 6) is 0.0202. The molecule has 1 saturated heterocycles. The van der Waals surface area contributed by atoms with Gasteiger partial charge < -0.3 is 19.9 Å². The predicted molar refractivity (Wildman–Crippen MR) is 89.7 cm³/mol. The summed E-state index contributed by atoms with van der Waals surface area (Å²) in [4.78, 5) is 27.6. The van der Waals surface area contributed by atoms with Crippen LogP contribution in [0.5, 0.6) is 0 Å². The molecular formula is C17H25N3O3. The van der Waals surface area contributed by atoms with Crippen LogP contribution in [0.3, 0.4) is 0 Å². The lowest BCUT2D eigenvalue weighted by Crippen LogP contribution is -2.38. The predicted octanol–water partition coefficient (Wildman–Crippen LogP) is 1.70. The molecule has 23 heavy (non-hydrogen) atoms. The van der Waals surface area contributed by atoms with E-state index in [4.69, 9.17) is 4.74 Å². The van der Waals surface area contributed by atoms with Crippen LogP contribution in [0.2, 0.25) is 0 Å². The minimum absolute atomic E-state index is 0.0202. The van der Waals surface area contributed by atoms with Crippen molar-refractivity contribution in [3.05, 3.63) is 29.3 Å². The molecule has 0 radical (unpaired) electrons. The number of hydrogen-bond donors (Lipinski definition) is 1. The third kappa shape index (κ3) is 4.69. The van der Waals surface area contributed by atoms with Crippen molar-refractivity contribution in [1.29, 1.82) is 0 Å². The van der Waals surface area contributed by atoms with Gasteiger partial charge in [0.25, 0.3) is 0 Å². The van der Waals surface area contributed by atoms with E-state index >= 15 is 0 Å². The van der Waals surface area contributed by atoms with Gasteiger partial charge in [-0.2, -0.15) is 0 Å². The Morgan fingerprint density at radius 1 is 1.35 bits per heavy atom. The summed E-state index contributed by atoms with van der Waals surface area (Å²) in [7, 11) is 3.83. The number of carbonyl (C=O) groups excluding carboxylic acids is 2. The number of anilines is 1. The van der Waals surface area contributed by atoms with Crippen molar-refractivity contribution >= 4 is 17.7 Å². The second kappa shape index (κ2) is 7.46. The molecule has 1 fully saturated rings. The van der Waals surface area contributed by atoms with Crippen LogP contribution in [-0.2, 0) is 9.53 Å². The highest BCUT2D eigenvalue weighted by molar-refractivity contribution is 5.96. The highest BCUT2D eigenvalue weighted by Crippen LogP contribution is 2.24. The van der Waals surface area contributed by atoms with Crippen LogP contribution < -0.4 is 10.2 Å². The number of rotatable bonds is 5. The number of carbonyl (C=O) groups is 2. The summed E-state index contributed by atoms with van der Waals surface area (Å²) in [6.45, 7) is 5.55. The van der Waals surface area contributed by atoms with Crippen molar-refractivity contribution in [2.24, 2.45) is 0 Å². The highest BCUT2D eigenvalue weighted by Gasteiger charge is 2.32. The highest BCUT2D eigenvalue weighted by atomic mass is 16.5. The molecule has 0 unspecified atom stereocenters. The number of nitrogens with zero attached hydrogens (tertiary/aromatic N) is 2. The van der Waals surface area contributed by atoms with Gasteiger partial charge in [-0.25, -0.2) is 4.79 Å². The molecule has 0 saturated carbocycles. The molecule has 0 bridgehead atoms. The third-order valence-corrected chi connectivity index (χ3v) is 4.02. The zero-order valence-corrected chi connectivity index (χ0v) is 14.3. The van der Waals surface area contributed by atoms with E-state index in [0.29, 0.717) is 26.1 Å². The summed E-state index contributed by atoms with van der Waals surface area (Å²) >= 11 is 0. The van der Waals surface area contributed by atoms with Gasteiger partial charge in [0, 0.05) is 25.2 Å². The maximum atomic E-state index is 12.2. The monoisotopic (exact) mass is 319 g/mol. The first-order valence-electron chi connectivity index (χ1n) is 7.82. The lowest BCUT2D eigenvalue weighted by atomic mass is 10.1. The number of likely N-dealkylation sites (N-methyl/N-ethyl adjacent to an activating group) is 1. The third-order valence-electron chi connectivity index (χ3n) is 4.02. The Bertz CT molecular complexity index is 586. The Labute approximate surface area is 137 Å². The van der Waals surface area contributed by atoms with E-state index in [1.165, 1.54) is 5.56 Å². The Hall–Kier alpha value is -2.08. The number of benzene rings is 1. The quantitative estimate of drug-likeness (QED) is 0.897. The lowest BCUT2D eigenvalue weighted by molar-refractivity contribution is -0.117. The summed E-state index contributed by atoms with van der Waals surface area (Å²) < 4.78 is 5.10. The average Bonchev–Trinajstić information content (AvgIpc) is 2.82. The Morgan fingerprint density at radius 3 is 2.74 bits per heavy atom. The molecule has 2 rings (SSSR count). The smallest absolute Gasteiger partial charge is 0.407 e. The van der Waals surface area contributed by atoms with E-state index in [1.54, 1.807) is 4.90 Å². The molecule has 0 aromatic heterocycles. The van der Waals surface area contributed by atoms with E-state index in [1.807, 2.05) is 51.0 Å². The number of amides is 2. The molecule has 0 spiro atoms. The average molecular weight is 319 g/mol. The second-order valence-electron chi connectivity index (χ2n) is 6.26. The van der Waals surface area contributed by atoms with E-state index in [0.717, 1.165) is 11.3 Å². The molecule has 126 valence electrons. The van der Waals surface area contributed by atoms with Crippen LogP contribution in [0.25, 0.3) is 0 Å². The van der Waals surface area contributed by atoms with Crippen LogP contribution in [0.15, 0.2) is 18.2 Å². The first kappa shape index (κ1) is 17.3. The van der Waals surface area contributed by atoms with Gasteiger partial charge in [0.15, 0.2) is 0 Å². The van der Waals surface area contributed by atoms with Crippen molar-refractivity contribution in [3.8, 4) is 0 Å². The summed E-state index contributed by atoms with van der Waals surface area (Å²) in [6, 6.07) is 5.74. The van der Waals surface area contributed by atoms with Crippen molar-refractivity contribution < 1.29 is 14.3 Å². The molecule has 0 aliphatic carbocycles. The first-order chi connectivity index (χ1) is 10.9. The fraction of sp³-hybridized carbons (Fsp3) is 0.529. The minimum Gasteiger partial charge on any atom is -0.448 e. The van der Waals surface area contributed by atoms with Gasteiger partial charge in [-0.3, -0.25) is 4.79 Å². The molecule has 1 aromatic carbocycles. The van der Waals surface area contributed by atoms with Gasteiger partial charge >= 0.3 is 6.09 Å². The standard InChI is InChI=1S/C17H25N3O3/c1-12-5-6-15(9-13(12)2)20-11-14(10-16(20)21)18-17(22)23-8-7-19(3)4/h5-6,9,14H,7-8,10-11H2,1-4H3,(H,18,22)/t14-/m0/s1. The molecule has 1 aromatic rings. The lowest BCUT2D eigenvalue weighted by Gasteiger charge is -2.18. The zero-order chi connectivity index (χ0) is 17.0. The molecule has 1 N–H and O–H groups in total. The number of aryl methyl sites for hydroxylation is 2. The second-order valence-corrected chi connectivity index (χ2v) is 6.26. The summed E-state index contributed by atoms with van der Waals surface area (Å²) in [6.07, 6.45) is -0.165. The van der Waals surface area contributed by atoms with E-state index in [9.17, 15) is 9.59 Å². The van der Waals surface area contributed by atoms with Crippen LogP contribution in [-0.4, -0.2) is 56.7 Å². The molecule has 1 heterocycles. The van der Waals surface area contributed by atoms with Gasteiger partial charge in [-0.15, -0.1) is 0 Å². The molecular weight excluding hydrogens is 294 g/mol. The molecule has 1 aliphatic rings. The van der Waals surface area contributed by atoms with E-state index in [2.05, 4.69) is 5.32 Å². The van der Waals surface area contributed by atoms with Gasteiger partial charge in [-0.05, 0) is 51.2 Å². The Kier molecular flexibility index (Phi) is 5.60. The first-order valence-corrected chi connectivity index (χ1v) is 7.82. The molecule has 6 heteroatoms. The van der Waals surface area contributed by atoms with Crippen LogP contribution >= 0.6 is 0 Å². The summed E-state index contributed by atoms with van der Waals surface area (Å²) in [5, 5.41) is 2.77. The molecule has 1 aliphatic heterocycles. The normalized spacial score (nSPS) is 17.7. The van der Waals surface area contributed by atoms with Crippen molar-refractivity contribution in [3.63, 3.8) is 0 Å². The maximum Gasteiger partial charge on any atom is 0.407 e. The van der Waals surface area contributed by atoms with Crippen LogP contribution in [0.1, 0.15) is 17.5 Å². The van der Waals surface area contributed by atoms with Crippen molar-refractivity contribution in [2.45, 2.75) is 26.3 Å². The minimum atomic E-state index is -0.466. The van der Waals surface area contributed by atoms with Gasteiger partial charge in [0.1, 0.15) is 6.61 Å². The Morgan fingerprint density at radius 2 is 2.09 bits per heavy atom. The van der Waals surface area contributed by atoms with Gasteiger partial charge in [0.05, 0.1) is 6.04 Å². The molecule has 2 amide bonds. The van der Waals surface area contributed by atoms with Crippen molar-refractivity contribution in [2.75, 3.05) is 38.7 Å². The maximum absolute atomic E-state index is 12.2. The molecule has 1 atom stereocenters. The van der Waals surface area contributed by atoms with E-state index in [-0.39, 0.29) is 11.9 Å². The molecule has 6 nitrogen and oxygen atoms in total. The number of alkyl carbamates (subject to hydrolysis) is 1. The van der Waals surface area contributed by atoms with Crippen LogP contribution in [0.4, 0.5) is 10.5 Å². The number of nitrogens with one attached hydrogen (secondary N) is 1. The van der Waals surface area contributed by atoms with Gasteiger partial charge in [-0.1, -0.05) is 6.07 Å².